The maximum atomic E-state index is 11.9. The minimum atomic E-state index is -0.684. The number of rotatable bonds is 23. The fourth-order valence-corrected chi connectivity index (χ4v) is 3.92. The molecular formula is C29H52NO5+. The van der Waals surface area contributed by atoms with Crippen LogP contribution in [0.25, 0.3) is 0 Å². The van der Waals surface area contributed by atoms with Gasteiger partial charge in [-0.15, -0.1) is 0 Å². The average Bonchev–Trinajstić information content (AvgIpc) is 2.88. The molecule has 1 aromatic heterocycles. The molecule has 0 radical (unpaired) electrons. The summed E-state index contributed by atoms with van der Waals surface area (Å²) in [6.45, 7) is 6.18. The van der Waals surface area contributed by atoms with Gasteiger partial charge in [-0.3, -0.25) is 0 Å². The third-order valence-electron chi connectivity index (χ3n) is 6.38. The highest BCUT2D eigenvalue weighted by Crippen LogP contribution is 2.14. The van der Waals surface area contributed by atoms with Crippen LogP contribution in [-0.2, 0) is 25.5 Å². The molecule has 1 heterocycles. The van der Waals surface area contributed by atoms with Gasteiger partial charge in [-0.2, -0.15) is 0 Å². The van der Waals surface area contributed by atoms with Crippen LogP contribution in [0.1, 0.15) is 104 Å². The Morgan fingerprint density at radius 3 is 1.80 bits per heavy atom. The second-order valence-corrected chi connectivity index (χ2v) is 9.80. The fraction of sp³-hybridized carbons (Fsp3) is 0.793. The van der Waals surface area contributed by atoms with Crippen molar-refractivity contribution in [1.29, 1.82) is 0 Å². The number of ether oxygens (including phenoxy) is 4. The third kappa shape index (κ3) is 18.3. The van der Waals surface area contributed by atoms with Gasteiger partial charge < -0.3 is 18.9 Å². The molecule has 0 spiro atoms. The molecule has 0 aromatic carbocycles. The number of hydrogen-bond acceptors (Lipinski definition) is 5. The van der Waals surface area contributed by atoms with Gasteiger partial charge >= 0.3 is 6.16 Å². The van der Waals surface area contributed by atoms with Crippen molar-refractivity contribution in [3.63, 3.8) is 0 Å². The van der Waals surface area contributed by atoms with Gasteiger partial charge in [0, 0.05) is 25.8 Å². The molecule has 6 nitrogen and oxygen atoms in total. The fourth-order valence-electron chi connectivity index (χ4n) is 3.92. The zero-order valence-corrected chi connectivity index (χ0v) is 22.8. The van der Waals surface area contributed by atoms with Crippen molar-refractivity contribution in [2.75, 3.05) is 33.5 Å². The maximum absolute atomic E-state index is 11.9. The Hall–Kier alpha value is -1.66. The Kier molecular flexibility index (Phi) is 19.4. The van der Waals surface area contributed by atoms with Crippen LogP contribution < -0.4 is 4.57 Å². The molecule has 0 amide bonds. The molecule has 1 unspecified atom stereocenters. The third-order valence-corrected chi connectivity index (χ3v) is 6.38. The minimum Gasteiger partial charge on any atom is -0.431 e. The van der Waals surface area contributed by atoms with E-state index in [1.54, 1.807) is 7.11 Å². The summed E-state index contributed by atoms with van der Waals surface area (Å²) < 4.78 is 23.7. The van der Waals surface area contributed by atoms with Crippen molar-refractivity contribution >= 4 is 6.16 Å². The van der Waals surface area contributed by atoms with E-state index in [2.05, 4.69) is 6.92 Å². The second-order valence-electron chi connectivity index (χ2n) is 9.80. The van der Waals surface area contributed by atoms with Crippen molar-refractivity contribution in [2.45, 2.75) is 116 Å². The molecule has 0 aliphatic heterocycles. The monoisotopic (exact) mass is 494 g/mol. The van der Waals surface area contributed by atoms with Crippen LogP contribution >= 0.6 is 0 Å². The summed E-state index contributed by atoms with van der Waals surface area (Å²) in [5.74, 6) is 0. The average molecular weight is 495 g/mol. The Morgan fingerprint density at radius 1 is 0.714 bits per heavy atom. The predicted octanol–water partition coefficient (Wildman–Crippen LogP) is 7.03. The molecule has 6 heteroatoms. The zero-order chi connectivity index (χ0) is 25.5. The number of carbonyl (C=O) groups is 1. The van der Waals surface area contributed by atoms with Gasteiger partial charge in [-0.25, -0.2) is 9.36 Å². The smallest absolute Gasteiger partial charge is 0.431 e. The van der Waals surface area contributed by atoms with E-state index in [1.165, 1.54) is 83.5 Å². The van der Waals surface area contributed by atoms with Gasteiger partial charge in [0.1, 0.15) is 12.2 Å². The van der Waals surface area contributed by atoms with E-state index in [9.17, 15) is 4.79 Å². The molecule has 1 atom stereocenters. The van der Waals surface area contributed by atoms with Crippen molar-refractivity contribution < 1.29 is 28.3 Å². The van der Waals surface area contributed by atoms with Crippen LogP contribution in [0.15, 0.2) is 30.6 Å². The lowest BCUT2D eigenvalue weighted by atomic mass is 10.0. The Morgan fingerprint density at radius 2 is 1.26 bits per heavy atom. The molecule has 0 N–H and O–H groups in total. The van der Waals surface area contributed by atoms with Gasteiger partial charge in [0.2, 0.25) is 0 Å². The lowest BCUT2D eigenvalue weighted by Crippen LogP contribution is -2.40. The number of carbonyl (C=O) groups excluding carboxylic acids is 1. The first-order valence-electron chi connectivity index (χ1n) is 14.0. The van der Waals surface area contributed by atoms with Crippen LogP contribution in [0.5, 0.6) is 0 Å². The van der Waals surface area contributed by atoms with Crippen LogP contribution in [0.2, 0.25) is 0 Å². The van der Waals surface area contributed by atoms with Crippen molar-refractivity contribution in [1.82, 2.24) is 0 Å². The number of aromatic nitrogens is 1. The molecule has 0 saturated carbocycles. The standard InChI is InChI=1S/C29H52NO5/c1-4-5-6-7-8-9-10-11-12-13-14-15-16-20-24-33-26-29(2,32-3)27-35-28(31)34-25-23-30-21-18-17-19-22-30/h17-19,21-22H,4-16,20,23-27H2,1-3H3/q+1. The second kappa shape index (κ2) is 21.6. The Bertz CT molecular complexity index is 612. The molecular weight excluding hydrogens is 442 g/mol. The van der Waals surface area contributed by atoms with Crippen LogP contribution in [-0.4, -0.2) is 45.3 Å². The molecule has 0 aliphatic rings. The summed E-state index contributed by atoms with van der Waals surface area (Å²) in [4.78, 5) is 11.9. The van der Waals surface area contributed by atoms with Crippen molar-refractivity contribution in [2.24, 2.45) is 0 Å². The van der Waals surface area contributed by atoms with Gasteiger partial charge in [-0.1, -0.05) is 96.5 Å². The number of nitrogens with zero attached hydrogens (tertiary/aromatic N) is 1. The van der Waals surface area contributed by atoms with E-state index in [-0.39, 0.29) is 13.2 Å². The summed E-state index contributed by atoms with van der Waals surface area (Å²) in [7, 11) is 1.61. The number of pyridine rings is 1. The quantitative estimate of drug-likeness (QED) is 0.0928. The van der Waals surface area contributed by atoms with Crippen molar-refractivity contribution in [3.8, 4) is 0 Å². The Labute approximate surface area is 214 Å². The molecule has 1 rings (SSSR count). The number of methoxy groups -OCH3 is 1. The summed E-state index contributed by atoms with van der Waals surface area (Å²) in [5.41, 5.74) is -0.677. The molecule has 35 heavy (non-hydrogen) atoms. The van der Waals surface area contributed by atoms with Gasteiger partial charge in [0.15, 0.2) is 25.5 Å². The van der Waals surface area contributed by atoms with E-state index in [1.807, 2.05) is 42.1 Å². The van der Waals surface area contributed by atoms with Crippen LogP contribution in [0.4, 0.5) is 4.79 Å². The first kappa shape index (κ1) is 31.4. The van der Waals surface area contributed by atoms with Crippen LogP contribution in [0, 0.1) is 0 Å². The van der Waals surface area contributed by atoms with E-state index < -0.39 is 11.8 Å². The van der Waals surface area contributed by atoms with E-state index >= 15 is 0 Å². The highest BCUT2D eigenvalue weighted by atomic mass is 16.7. The van der Waals surface area contributed by atoms with Crippen molar-refractivity contribution in [3.05, 3.63) is 30.6 Å². The summed E-state index contributed by atoms with van der Waals surface area (Å²) in [6, 6.07) is 5.81. The minimum absolute atomic E-state index is 0.0968. The first-order chi connectivity index (χ1) is 17.1. The topological polar surface area (TPSA) is 57.9 Å². The highest BCUT2D eigenvalue weighted by molar-refractivity contribution is 5.59. The molecule has 0 aliphatic carbocycles. The number of unbranched alkanes of at least 4 members (excludes halogenated alkanes) is 13. The maximum Gasteiger partial charge on any atom is 0.508 e. The first-order valence-corrected chi connectivity index (χ1v) is 14.0. The summed E-state index contributed by atoms with van der Waals surface area (Å²) in [6.07, 6.45) is 22.0. The normalized spacial score (nSPS) is 12.9. The van der Waals surface area contributed by atoms with E-state index in [0.29, 0.717) is 19.8 Å². The number of hydrogen-bond donors (Lipinski definition) is 0. The SMILES string of the molecule is CCCCCCCCCCCCCCCCOCC(C)(COC(=O)OCC[n+]1ccccc1)OC. The molecule has 202 valence electrons. The highest BCUT2D eigenvalue weighted by Gasteiger charge is 2.27. The lowest BCUT2D eigenvalue weighted by molar-refractivity contribution is -0.698. The predicted molar refractivity (Wildman–Crippen MR) is 140 cm³/mol. The van der Waals surface area contributed by atoms with Gasteiger partial charge in [0.05, 0.1) is 6.61 Å². The van der Waals surface area contributed by atoms with E-state index in [0.717, 1.165) is 6.42 Å². The zero-order valence-electron chi connectivity index (χ0n) is 22.8. The Balaban J connectivity index is 1.93. The molecule has 0 bridgehead atoms. The van der Waals surface area contributed by atoms with Gasteiger partial charge in [0.25, 0.3) is 0 Å². The molecule has 0 fully saturated rings. The van der Waals surface area contributed by atoms with E-state index in [4.69, 9.17) is 18.9 Å². The van der Waals surface area contributed by atoms with Gasteiger partial charge in [-0.05, 0) is 13.3 Å². The molecule has 0 saturated heterocycles. The molecule has 1 aromatic rings. The lowest BCUT2D eigenvalue weighted by Gasteiger charge is -2.27. The summed E-state index contributed by atoms with van der Waals surface area (Å²) in [5, 5.41) is 0. The van der Waals surface area contributed by atoms with Crippen LogP contribution in [0.3, 0.4) is 0 Å². The summed E-state index contributed by atoms with van der Waals surface area (Å²) >= 11 is 0. The largest absolute Gasteiger partial charge is 0.508 e.